The second-order valence-electron chi connectivity index (χ2n) is 6.15. The van der Waals surface area contributed by atoms with Crippen molar-refractivity contribution in [2.75, 3.05) is 6.61 Å². The van der Waals surface area contributed by atoms with Crippen LogP contribution in [0, 0.1) is 0 Å². The van der Waals surface area contributed by atoms with Crippen LogP contribution in [0.4, 0.5) is 0 Å². The second-order valence-corrected chi connectivity index (χ2v) is 7.24. The number of amides is 1. The zero-order valence-corrected chi connectivity index (χ0v) is 14.3. The van der Waals surface area contributed by atoms with Crippen LogP contribution in [0.5, 0.6) is 0 Å². The van der Waals surface area contributed by atoms with Gasteiger partial charge >= 0.3 is 5.97 Å². The zero-order valence-electron chi connectivity index (χ0n) is 13.5. The maximum atomic E-state index is 12.4. The van der Waals surface area contributed by atoms with E-state index in [9.17, 15) is 9.59 Å². The van der Waals surface area contributed by atoms with Crippen LogP contribution in [0.3, 0.4) is 0 Å². The average Bonchev–Trinajstić information content (AvgIpc) is 2.96. The highest BCUT2D eigenvalue weighted by molar-refractivity contribution is 7.20. The molecule has 0 saturated carbocycles. The van der Waals surface area contributed by atoms with E-state index < -0.39 is 5.97 Å². The molecule has 3 rings (SSSR count). The van der Waals surface area contributed by atoms with E-state index in [0.717, 1.165) is 29.3 Å². The lowest BCUT2D eigenvalue weighted by molar-refractivity contribution is -0.140. The Morgan fingerprint density at radius 1 is 1.22 bits per heavy atom. The molecule has 1 aromatic carbocycles. The number of benzene rings is 1. The SMILES string of the molecule is CC1CCCC(C)N1C(=O)COC(=O)c1cc2ccccc2s1. The Hall–Kier alpha value is -1.88. The van der Waals surface area contributed by atoms with Gasteiger partial charge in [-0.1, -0.05) is 18.2 Å². The summed E-state index contributed by atoms with van der Waals surface area (Å²) in [6.45, 7) is 3.94. The number of nitrogens with zero attached hydrogens (tertiary/aromatic N) is 1. The molecule has 0 bridgehead atoms. The van der Waals surface area contributed by atoms with Crippen LogP contribution in [0.15, 0.2) is 30.3 Å². The number of ether oxygens (including phenoxy) is 1. The van der Waals surface area contributed by atoms with E-state index in [1.54, 1.807) is 0 Å². The normalized spacial score (nSPS) is 21.4. The maximum absolute atomic E-state index is 12.4. The number of esters is 1. The van der Waals surface area contributed by atoms with Crippen LogP contribution in [0.2, 0.25) is 0 Å². The van der Waals surface area contributed by atoms with Gasteiger partial charge in [-0.2, -0.15) is 0 Å². The first-order valence-corrected chi connectivity index (χ1v) is 8.85. The zero-order chi connectivity index (χ0) is 16.4. The Labute approximate surface area is 140 Å². The number of hydrogen-bond acceptors (Lipinski definition) is 4. The van der Waals surface area contributed by atoms with Crippen molar-refractivity contribution < 1.29 is 14.3 Å². The fraction of sp³-hybridized carbons (Fsp3) is 0.444. The summed E-state index contributed by atoms with van der Waals surface area (Å²) in [7, 11) is 0. The van der Waals surface area contributed by atoms with E-state index in [1.165, 1.54) is 11.3 Å². The van der Waals surface area contributed by atoms with Gasteiger partial charge in [-0.3, -0.25) is 4.79 Å². The van der Waals surface area contributed by atoms with E-state index in [-0.39, 0.29) is 24.6 Å². The molecule has 0 N–H and O–H groups in total. The molecule has 1 aliphatic rings. The van der Waals surface area contributed by atoms with Gasteiger partial charge in [-0.15, -0.1) is 11.3 Å². The Morgan fingerprint density at radius 3 is 2.61 bits per heavy atom. The molecule has 5 heteroatoms. The Kier molecular flexibility index (Phi) is 4.66. The van der Waals surface area contributed by atoms with Gasteiger partial charge in [-0.05, 0) is 50.6 Å². The molecule has 122 valence electrons. The summed E-state index contributed by atoms with van der Waals surface area (Å²) in [5.74, 6) is -0.518. The number of hydrogen-bond donors (Lipinski definition) is 0. The van der Waals surface area contributed by atoms with Crippen molar-refractivity contribution in [2.45, 2.75) is 45.2 Å². The Balaban J connectivity index is 1.63. The Bertz CT molecular complexity index is 681. The summed E-state index contributed by atoms with van der Waals surface area (Å²) in [5.41, 5.74) is 0. The molecule has 1 amide bonds. The first kappa shape index (κ1) is 16.0. The van der Waals surface area contributed by atoms with E-state index in [0.29, 0.717) is 4.88 Å². The van der Waals surface area contributed by atoms with E-state index in [4.69, 9.17) is 4.74 Å². The van der Waals surface area contributed by atoms with Gasteiger partial charge in [0.15, 0.2) is 6.61 Å². The quantitative estimate of drug-likeness (QED) is 0.803. The summed E-state index contributed by atoms with van der Waals surface area (Å²) in [4.78, 5) is 27.0. The first-order chi connectivity index (χ1) is 11.1. The minimum absolute atomic E-state index is 0.0980. The molecule has 1 fully saturated rings. The monoisotopic (exact) mass is 331 g/mol. The van der Waals surface area contributed by atoms with Gasteiger partial charge in [0.25, 0.3) is 5.91 Å². The smallest absolute Gasteiger partial charge is 0.348 e. The highest BCUT2D eigenvalue weighted by Gasteiger charge is 2.29. The molecule has 1 saturated heterocycles. The fourth-order valence-corrected chi connectivity index (χ4v) is 4.22. The van der Waals surface area contributed by atoms with Crippen LogP contribution in [0.25, 0.3) is 10.1 Å². The van der Waals surface area contributed by atoms with Crippen molar-refractivity contribution in [3.63, 3.8) is 0 Å². The van der Waals surface area contributed by atoms with Crippen LogP contribution in [-0.4, -0.2) is 35.5 Å². The van der Waals surface area contributed by atoms with Crippen molar-refractivity contribution in [2.24, 2.45) is 0 Å². The van der Waals surface area contributed by atoms with E-state index >= 15 is 0 Å². The van der Waals surface area contributed by atoms with E-state index in [2.05, 4.69) is 13.8 Å². The van der Waals surface area contributed by atoms with Crippen LogP contribution in [-0.2, 0) is 9.53 Å². The number of carbonyl (C=O) groups is 2. The lowest BCUT2D eigenvalue weighted by Crippen LogP contribution is -2.49. The molecule has 23 heavy (non-hydrogen) atoms. The van der Waals surface area contributed by atoms with Gasteiger partial charge in [0.2, 0.25) is 0 Å². The minimum atomic E-state index is -0.420. The second kappa shape index (κ2) is 6.71. The lowest BCUT2D eigenvalue weighted by atomic mass is 9.97. The molecular weight excluding hydrogens is 310 g/mol. The molecule has 2 heterocycles. The molecule has 1 aliphatic heterocycles. The third-order valence-electron chi connectivity index (χ3n) is 4.43. The standard InChI is InChI=1S/C18H21NO3S/c1-12-6-5-7-13(2)19(12)17(20)11-22-18(21)16-10-14-8-3-4-9-15(14)23-16/h3-4,8-10,12-13H,5-7,11H2,1-2H3. The van der Waals surface area contributed by atoms with Gasteiger partial charge in [0, 0.05) is 16.8 Å². The number of piperidine rings is 1. The van der Waals surface area contributed by atoms with Crippen LogP contribution >= 0.6 is 11.3 Å². The average molecular weight is 331 g/mol. The predicted octanol–water partition coefficient (Wildman–Crippen LogP) is 3.85. The largest absolute Gasteiger partial charge is 0.451 e. The topological polar surface area (TPSA) is 46.6 Å². The number of fused-ring (bicyclic) bond motifs is 1. The third-order valence-corrected chi connectivity index (χ3v) is 5.53. The number of carbonyl (C=O) groups excluding carboxylic acids is 2. The van der Waals surface area contributed by atoms with Gasteiger partial charge in [0.05, 0.1) is 0 Å². The molecule has 2 atom stereocenters. The van der Waals surface area contributed by atoms with Crippen molar-refractivity contribution in [3.05, 3.63) is 35.2 Å². The molecule has 4 nitrogen and oxygen atoms in total. The molecule has 1 aromatic heterocycles. The summed E-state index contributed by atoms with van der Waals surface area (Å²) in [6, 6.07) is 10.1. The summed E-state index contributed by atoms with van der Waals surface area (Å²) in [5, 5.41) is 1.02. The summed E-state index contributed by atoms with van der Waals surface area (Å²) >= 11 is 1.39. The third kappa shape index (κ3) is 3.39. The molecule has 2 unspecified atom stereocenters. The first-order valence-electron chi connectivity index (χ1n) is 8.03. The van der Waals surface area contributed by atoms with Gasteiger partial charge in [-0.25, -0.2) is 4.79 Å². The highest BCUT2D eigenvalue weighted by Crippen LogP contribution is 2.26. The van der Waals surface area contributed by atoms with Crippen molar-refractivity contribution in [3.8, 4) is 0 Å². The van der Waals surface area contributed by atoms with Crippen molar-refractivity contribution in [1.29, 1.82) is 0 Å². The van der Waals surface area contributed by atoms with Crippen molar-refractivity contribution >= 4 is 33.3 Å². The highest BCUT2D eigenvalue weighted by atomic mass is 32.1. The number of rotatable bonds is 3. The summed E-state index contributed by atoms with van der Waals surface area (Å²) < 4.78 is 6.30. The predicted molar refractivity (Wildman–Crippen MR) is 91.7 cm³/mol. The molecule has 0 aliphatic carbocycles. The maximum Gasteiger partial charge on any atom is 0.348 e. The molecule has 2 aromatic rings. The van der Waals surface area contributed by atoms with Crippen LogP contribution in [0.1, 0.15) is 42.8 Å². The molecule has 0 radical (unpaired) electrons. The van der Waals surface area contributed by atoms with Gasteiger partial charge < -0.3 is 9.64 Å². The number of likely N-dealkylation sites (tertiary alicyclic amines) is 1. The number of thiophene rings is 1. The fourth-order valence-electron chi connectivity index (χ4n) is 3.27. The lowest BCUT2D eigenvalue weighted by Gasteiger charge is -2.38. The van der Waals surface area contributed by atoms with E-state index in [1.807, 2.05) is 35.2 Å². The molecule has 0 spiro atoms. The van der Waals surface area contributed by atoms with Crippen LogP contribution < -0.4 is 0 Å². The molecular formula is C18H21NO3S. The summed E-state index contributed by atoms with van der Waals surface area (Å²) in [6.07, 6.45) is 3.17. The van der Waals surface area contributed by atoms with Gasteiger partial charge in [0.1, 0.15) is 4.88 Å². The minimum Gasteiger partial charge on any atom is -0.451 e. The Morgan fingerprint density at radius 2 is 1.91 bits per heavy atom. The van der Waals surface area contributed by atoms with Crippen molar-refractivity contribution in [1.82, 2.24) is 4.90 Å².